The summed E-state index contributed by atoms with van der Waals surface area (Å²) in [7, 11) is 4.38. The second-order valence-corrected chi connectivity index (χ2v) is 9.18. The third-order valence-electron chi connectivity index (χ3n) is 6.92. The van der Waals surface area contributed by atoms with Crippen LogP contribution in [0.25, 0.3) is 22.0 Å². The van der Waals surface area contributed by atoms with Gasteiger partial charge in [-0.05, 0) is 62.9 Å². The van der Waals surface area contributed by atoms with Crippen molar-refractivity contribution in [2.24, 2.45) is 0 Å². The van der Waals surface area contributed by atoms with Crippen LogP contribution in [0.3, 0.4) is 0 Å². The molecule has 0 amide bonds. The summed E-state index contributed by atoms with van der Waals surface area (Å²) in [5.74, 6) is 0.992. The Kier molecular flexibility index (Phi) is 5.27. The quantitative estimate of drug-likeness (QED) is 0.711. The molecule has 2 atom stereocenters. The molecule has 5 heteroatoms. The Morgan fingerprint density at radius 3 is 2.77 bits per heavy atom. The van der Waals surface area contributed by atoms with Gasteiger partial charge in [0.05, 0.1) is 11.1 Å². The van der Waals surface area contributed by atoms with E-state index >= 15 is 0 Å². The van der Waals surface area contributed by atoms with Gasteiger partial charge in [-0.1, -0.05) is 36.4 Å². The van der Waals surface area contributed by atoms with Crippen LogP contribution >= 0.6 is 0 Å². The van der Waals surface area contributed by atoms with Crippen molar-refractivity contribution in [2.75, 3.05) is 46.8 Å². The fraction of sp³-hybridized carbons (Fsp3) is 0.440. The maximum atomic E-state index is 5.11. The van der Waals surface area contributed by atoms with Crippen LogP contribution in [-0.4, -0.2) is 72.6 Å². The van der Waals surface area contributed by atoms with Crippen LogP contribution < -0.4 is 5.32 Å². The highest BCUT2D eigenvalue weighted by Crippen LogP contribution is 2.32. The minimum atomic E-state index is -0.00589. The lowest BCUT2D eigenvalue weighted by molar-refractivity contribution is 0.223. The Morgan fingerprint density at radius 1 is 1.13 bits per heavy atom. The third-order valence-corrected chi connectivity index (χ3v) is 6.92. The van der Waals surface area contributed by atoms with Crippen LogP contribution in [0.2, 0.25) is 0 Å². The van der Waals surface area contributed by atoms with Crippen molar-refractivity contribution in [1.29, 1.82) is 0 Å². The molecule has 0 bridgehead atoms. The molecular weight excluding hydrogens is 370 g/mol. The largest absolute Gasteiger partial charge is 0.316 e. The Hall–Kier alpha value is -2.34. The number of rotatable bonds is 5. The lowest BCUT2D eigenvalue weighted by Gasteiger charge is -2.32. The van der Waals surface area contributed by atoms with Gasteiger partial charge in [-0.3, -0.25) is 0 Å². The molecule has 156 valence electrons. The van der Waals surface area contributed by atoms with Crippen LogP contribution in [0.15, 0.2) is 54.7 Å². The summed E-state index contributed by atoms with van der Waals surface area (Å²) in [4.78, 5) is 14.9. The maximum Gasteiger partial charge on any atom is 0.137 e. The summed E-state index contributed by atoms with van der Waals surface area (Å²) < 4.78 is 0. The average molecular weight is 402 g/mol. The van der Waals surface area contributed by atoms with Gasteiger partial charge in [0.2, 0.25) is 0 Å². The van der Waals surface area contributed by atoms with Crippen molar-refractivity contribution in [3.8, 4) is 11.3 Å². The number of fused-ring (bicyclic) bond motifs is 1. The summed E-state index contributed by atoms with van der Waals surface area (Å²) in [6, 6.07) is 17.8. The first kappa shape index (κ1) is 19.6. The Balaban J connectivity index is 1.44. The number of hydrogen-bond acceptors (Lipinski definition) is 5. The van der Waals surface area contributed by atoms with Crippen molar-refractivity contribution < 1.29 is 0 Å². The molecule has 5 rings (SSSR count). The van der Waals surface area contributed by atoms with E-state index in [4.69, 9.17) is 9.97 Å². The predicted octanol–water partition coefficient (Wildman–Crippen LogP) is 3.16. The van der Waals surface area contributed by atoms with E-state index in [2.05, 4.69) is 71.7 Å². The SMILES string of the molecule is CN(C)[C@@H]1CCN(C[C@]2(c3nccc(-c4ccc5ccccc5c4)n3)CCNC2)C1. The van der Waals surface area contributed by atoms with E-state index in [0.717, 1.165) is 56.2 Å². The van der Waals surface area contributed by atoms with E-state index in [1.165, 1.54) is 17.2 Å². The van der Waals surface area contributed by atoms with Gasteiger partial charge < -0.3 is 15.1 Å². The van der Waals surface area contributed by atoms with Gasteiger partial charge in [0.25, 0.3) is 0 Å². The fourth-order valence-corrected chi connectivity index (χ4v) is 5.07. The number of aromatic nitrogens is 2. The van der Waals surface area contributed by atoms with E-state index in [0.29, 0.717) is 6.04 Å². The number of likely N-dealkylation sites (N-methyl/N-ethyl adjacent to an activating group) is 1. The molecule has 2 aliphatic rings. The zero-order valence-electron chi connectivity index (χ0n) is 18.0. The molecule has 2 fully saturated rings. The molecule has 1 aromatic heterocycles. The molecule has 2 aromatic carbocycles. The normalized spacial score (nSPS) is 24.8. The number of nitrogens with zero attached hydrogens (tertiary/aromatic N) is 4. The Labute approximate surface area is 179 Å². The highest BCUT2D eigenvalue weighted by molar-refractivity contribution is 5.86. The minimum Gasteiger partial charge on any atom is -0.316 e. The highest BCUT2D eigenvalue weighted by atomic mass is 15.2. The molecule has 1 N–H and O–H groups in total. The Morgan fingerprint density at radius 2 is 2.00 bits per heavy atom. The topological polar surface area (TPSA) is 44.3 Å². The smallest absolute Gasteiger partial charge is 0.137 e. The standard InChI is InChI=1S/C25H31N5/c1-29(2)22-10-14-30(16-22)18-25(11-13-26-17-25)24-27-12-9-23(28-24)21-8-7-19-5-3-4-6-20(19)15-21/h3-9,12,15,22,26H,10-11,13-14,16-18H2,1-2H3/t22-,25+/m1/s1. The molecule has 0 radical (unpaired) electrons. The molecule has 0 unspecified atom stereocenters. The van der Waals surface area contributed by atoms with Crippen molar-refractivity contribution in [1.82, 2.24) is 25.1 Å². The van der Waals surface area contributed by atoms with E-state index in [9.17, 15) is 0 Å². The second kappa shape index (κ2) is 8.06. The van der Waals surface area contributed by atoms with Crippen molar-refractivity contribution in [3.63, 3.8) is 0 Å². The van der Waals surface area contributed by atoms with Gasteiger partial charge in [0.15, 0.2) is 0 Å². The van der Waals surface area contributed by atoms with E-state index in [-0.39, 0.29) is 5.41 Å². The van der Waals surface area contributed by atoms with Gasteiger partial charge in [-0.15, -0.1) is 0 Å². The summed E-state index contributed by atoms with van der Waals surface area (Å²) >= 11 is 0. The Bertz CT molecular complexity index is 1020. The lowest BCUT2D eigenvalue weighted by atomic mass is 9.85. The monoisotopic (exact) mass is 401 g/mol. The third kappa shape index (κ3) is 3.73. The van der Waals surface area contributed by atoms with Crippen LogP contribution in [0.4, 0.5) is 0 Å². The predicted molar refractivity (Wildman–Crippen MR) is 123 cm³/mol. The van der Waals surface area contributed by atoms with Crippen molar-refractivity contribution >= 4 is 10.8 Å². The summed E-state index contributed by atoms with van der Waals surface area (Å²) in [6.45, 7) is 5.32. The zero-order valence-corrected chi connectivity index (χ0v) is 18.0. The summed E-state index contributed by atoms with van der Waals surface area (Å²) in [6.07, 6.45) is 4.28. The van der Waals surface area contributed by atoms with Crippen molar-refractivity contribution in [3.05, 3.63) is 60.6 Å². The molecule has 2 aliphatic heterocycles. The molecule has 0 saturated carbocycles. The van der Waals surface area contributed by atoms with Gasteiger partial charge in [0, 0.05) is 37.4 Å². The molecule has 5 nitrogen and oxygen atoms in total. The van der Waals surface area contributed by atoms with Crippen LogP contribution in [0.1, 0.15) is 18.7 Å². The molecular formula is C25H31N5. The number of benzene rings is 2. The molecule has 0 aliphatic carbocycles. The first-order valence-corrected chi connectivity index (χ1v) is 11.1. The molecule has 3 aromatic rings. The maximum absolute atomic E-state index is 5.11. The average Bonchev–Trinajstić information content (AvgIpc) is 3.44. The van der Waals surface area contributed by atoms with Crippen LogP contribution in [0.5, 0.6) is 0 Å². The van der Waals surface area contributed by atoms with Gasteiger partial charge >= 0.3 is 0 Å². The second-order valence-electron chi connectivity index (χ2n) is 9.18. The first-order chi connectivity index (χ1) is 14.6. The molecule has 3 heterocycles. The lowest BCUT2D eigenvalue weighted by Crippen LogP contribution is -2.44. The van der Waals surface area contributed by atoms with E-state index < -0.39 is 0 Å². The summed E-state index contributed by atoms with van der Waals surface area (Å²) in [5.41, 5.74) is 2.17. The van der Waals surface area contributed by atoms with Gasteiger partial charge in [-0.25, -0.2) is 9.97 Å². The van der Waals surface area contributed by atoms with Crippen LogP contribution in [0, 0.1) is 0 Å². The molecule has 2 saturated heterocycles. The van der Waals surface area contributed by atoms with Crippen LogP contribution in [-0.2, 0) is 5.41 Å². The van der Waals surface area contributed by atoms with Gasteiger partial charge in [0.1, 0.15) is 5.82 Å². The minimum absolute atomic E-state index is 0.00589. The number of hydrogen-bond donors (Lipinski definition) is 1. The number of likely N-dealkylation sites (tertiary alicyclic amines) is 1. The van der Waals surface area contributed by atoms with E-state index in [1.807, 2.05) is 12.3 Å². The highest BCUT2D eigenvalue weighted by Gasteiger charge is 2.41. The molecule has 30 heavy (non-hydrogen) atoms. The number of nitrogens with one attached hydrogen (secondary N) is 1. The van der Waals surface area contributed by atoms with E-state index in [1.54, 1.807) is 0 Å². The fourth-order valence-electron chi connectivity index (χ4n) is 5.07. The summed E-state index contributed by atoms with van der Waals surface area (Å²) in [5, 5.41) is 6.10. The molecule has 0 spiro atoms. The van der Waals surface area contributed by atoms with Gasteiger partial charge in [-0.2, -0.15) is 0 Å². The first-order valence-electron chi connectivity index (χ1n) is 11.1. The van der Waals surface area contributed by atoms with Crippen molar-refractivity contribution in [2.45, 2.75) is 24.3 Å². The zero-order chi connectivity index (χ0) is 20.6.